The van der Waals surface area contributed by atoms with Crippen molar-refractivity contribution in [3.63, 3.8) is 0 Å². The molecule has 1 aromatic rings. The van der Waals surface area contributed by atoms with Crippen molar-refractivity contribution < 1.29 is 5.11 Å². The Labute approximate surface area is 95.3 Å². The van der Waals surface area contributed by atoms with Crippen LogP contribution in [0.25, 0.3) is 0 Å². The minimum Gasteiger partial charge on any atom is -0.391 e. The van der Waals surface area contributed by atoms with Gasteiger partial charge in [-0.3, -0.25) is 0 Å². The topological polar surface area (TPSA) is 32.3 Å². The summed E-state index contributed by atoms with van der Waals surface area (Å²) in [5, 5.41) is 12.8. The van der Waals surface area contributed by atoms with Crippen LogP contribution >= 0.6 is 11.3 Å². The fraction of sp³-hybridized carbons (Fsp3) is 0.667. The van der Waals surface area contributed by atoms with Gasteiger partial charge in [0.25, 0.3) is 0 Å². The van der Waals surface area contributed by atoms with Gasteiger partial charge in [-0.15, -0.1) is 11.3 Å². The van der Waals surface area contributed by atoms with Gasteiger partial charge in [0, 0.05) is 22.8 Å². The van der Waals surface area contributed by atoms with Crippen LogP contribution in [0.4, 0.5) is 0 Å². The van der Waals surface area contributed by atoms with Crippen LogP contribution < -0.4 is 5.32 Å². The highest BCUT2D eigenvalue weighted by molar-refractivity contribution is 7.12. The van der Waals surface area contributed by atoms with E-state index in [1.807, 2.05) is 0 Å². The molecule has 0 bridgehead atoms. The molecular formula is C12H19NOS. The first-order valence-electron chi connectivity index (χ1n) is 5.49. The predicted octanol–water partition coefficient (Wildman–Crippen LogP) is 2.18. The average molecular weight is 225 g/mol. The number of nitrogens with one attached hydrogen (secondary N) is 1. The molecule has 2 rings (SSSR count). The first-order chi connectivity index (χ1) is 7.04. The van der Waals surface area contributed by atoms with E-state index >= 15 is 0 Å². The molecule has 84 valence electrons. The highest BCUT2D eigenvalue weighted by Crippen LogP contribution is 2.38. The maximum Gasteiger partial charge on any atom is 0.0777 e. The molecule has 15 heavy (non-hydrogen) atoms. The third-order valence-corrected chi connectivity index (χ3v) is 4.16. The molecule has 1 aromatic heterocycles. The lowest BCUT2D eigenvalue weighted by molar-refractivity contribution is 0.282. The Balaban J connectivity index is 2.54. The molecule has 0 aliphatic carbocycles. The molecule has 0 fully saturated rings. The lowest BCUT2D eigenvalue weighted by Gasteiger charge is -2.24. The second kappa shape index (κ2) is 3.89. The maximum atomic E-state index is 9.42. The normalized spacial score (nSPS) is 16.5. The monoisotopic (exact) mass is 225 g/mol. The second-order valence-electron chi connectivity index (χ2n) is 5.14. The number of hydrogen-bond acceptors (Lipinski definition) is 3. The summed E-state index contributed by atoms with van der Waals surface area (Å²) in [6.45, 7) is 8.90. The van der Waals surface area contributed by atoms with Gasteiger partial charge in [0.15, 0.2) is 0 Å². The molecule has 0 aromatic carbocycles. The summed E-state index contributed by atoms with van der Waals surface area (Å²) < 4.78 is 0. The van der Waals surface area contributed by atoms with Gasteiger partial charge in [-0.2, -0.15) is 0 Å². The van der Waals surface area contributed by atoms with E-state index in [1.54, 1.807) is 11.3 Å². The molecule has 0 amide bonds. The van der Waals surface area contributed by atoms with E-state index in [0.29, 0.717) is 0 Å². The molecule has 0 atom stereocenters. The van der Waals surface area contributed by atoms with E-state index in [4.69, 9.17) is 0 Å². The molecule has 1 aliphatic rings. The lowest BCUT2D eigenvalue weighted by Crippen LogP contribution is -2.25. The number of hydrogen-bond donors (Lipinski definition) is 2. The Morgan fingerprint density at radius 3 is 2.73 bits per heavy atom. The number of aliphatic hydroxyl groups excluding tert-OH is 1. The summed E-state index contributed by atoms with van der Waals surface area (Å²) in [5.41, 5.74) is 2.96. The van der Waals surface area contributed by atoms with Crippen molar-refractivity contribution >= 4 is 11.3 Å². The van der Waals surface area contributed by atoms with Crippen molar-refractivity contribution in [2.45, 2.75) is 45.8 Å². The summed E-state index contributed by atoms with van der Waals surface area (Å²) in [6, 6.07) is 0. The van der Waals surface area contributed by atoms with Crippen molar-refractivity contribution in [2.24, 2.45) is 0 Å². The van der Waals surface area contributed by atoms with Gasteiger partial charge in [0.05, 0.1) is 6.61 Å². The lowest BCUT2D eigenvalue weighted by atomic mass is 9.83. The van der Waals surface area contributed by atoms with Crippen molar-refractivity contribution in [3.8, 4) is 0 Å². The molecule has 0 radical (unpaired) electrons. The predicted molar refractivity (Wildman–Crippen MR) is 64.4 cm³/mol. The van der Waals surface area contributed by atoms with E-state index in [0.717, 1.165) is 24.4 Å². The summed E-state index contributed by atoms with van der Waals surface area (Å²) in [6.07, 6.45) is 1.11. The number of fused-ring (bicyclic) bond motifs is 1. The van der Waals surface area contributed by atoms with Crippen molar-refractivity contribution in [2.75, 3.05) is 6.54 Å². The standard InChI is InChI=1S/C12H19NOS/c1-12(2,3)11-8-6-13-5-4-9(8)15-10(11)7-14/h13-14H,4-7H2,1-3H3. The van der Waals surface area contributed by atoms with Gasteiger partial charge in [-0.1, -0.05) is 20.8 Å². The fourth-order valence-corrected chi connectivity index (χ4v) is 3.75. The van der Waals surface area contributed by atoms with Crippen LogP contribution in [0.1, 0.15) is 41.7 Å². The van der Waals surface area contributed by atoms with Crippen molar-refractivity contribution in [1.29, 1.82) is 0 Å². The summed E-state index contributed by atoms with van der Waals surface area (Å²) >= 11 is 1.80. The minimum atomic E-state index is 0.140. The van der Waals surface area contributed by atoms with Gasteiger partial charge in [-0.25, -0.2) is 0 Å². The molecule has 1 aliphatic heterocycles. The largest absolute Gasteiger partial charge is 0.391 e. The highest BCUT2D eigenvalue weighted by Gasteiger charge is 2.27. The quantitative estimate of drug-likeness (QED) is 0.768. The summed E-state index contributed by atoms with van der Waals surface area (Å²) in [4.78, 5) is 2.64. The molecule has 0 spiro atoms. The summed E-state index contributed by atoms with van der Waals surface area (Å²) in [7, 11) is 0. The Morgan fingerprint density at radius 2 is 2.13 bits per heavy atom. The van der Waals surface area contributed by atoms with E-state index < -0.39 is 0 Å². The Kier molecular flexibility index (Phi) is 2.88. The second-order valence-corrected chi connectivity index (χ2v) is 6.33. The molecule has 0 unspecified atom stereocenters. The van der Waals surface area contributed by atoms with Crippen LogP contribution in [0, 0.1) is 0 Å². The zero-order chi connectivity index (χ0) is 11.1. The first kappa shape index (κ1) is 11.1. The van der Waals surface area contributed by atoms with E-state index in [1.165, 1.54) is 16.0 Å². The molecule has 3 heteroatoms. The third-order valence-electron chi connectivity index (χ3n) is 2.89. The van der Waals surface area contributed by atoms with Gasteiger partial charge >= 0.3 is 0 Å². The average Bonchev–Trinajstić information content (AvgIpc) is 2.54. The zero-order valence-corrected chi connectivity index (χ0v) is 10.5. The van der Waals surface area contributed by atoms with Crippen LogP contribution in [-0.4, -0.2) is 11.7 Å². The Morgan fingerprint density at radius 1 is 1.40 bits per heavy atom. The fourth-order valence-electron chi connectivity index (χ4n) is 2.36. The Bertz CT molecular complexity index is 362. The van der Waals surface area contributed by atoms with Crippen LogP contribution in [0.3, 0.4) is 0 Å². The minimum absolute atomic E-state index is 0.140. The zero-order valence-electron chi connectivity index (χ0n) is 9.68. The number of rotatable bonds is 1. The Hall–Kier alpha value is -0.380. The highest BCUT2D eigenvalue weighted by atomic mass is 32.1. The van der Waals surface area contributed by atoms with Crippen LogP contribution in [0.5, 0.6) is 0 Å². The van der Waals surface area contributed by atoms with Crippen molar-refractivity contribution in [1.82, 2.24) is 5.32 Å². The van der Waals surface area contributed by atoms with Crippen molar-refractivity contribution in [3.05, 3.63) is 20.9 Å². The van der Waals surface area contributed by atoms with Gasteiger partial charge in [-0.05, 0) is 23.0 Å². The van der Waals surface area contributed by atoms with Gasteiger partial charge in [0.1, 0.15) is 0 Å². The maximum absolute atomic E-state index is 9.42. The van der Waals surface area contributed by atoms with E-state index in [-0.39, 0.29) is 12.0 Å². The molecule has 0 saturated carbocycles. The van der Waals surface area contributed by atoms with Gasteiger partial charge < -0.3 is 10.4 Å². The third kappa shape index (κ3) is 1.96. The first-order valence-corrected chi connectivity index (χ1v) is 6.31. The van der Waals surface area contributed by atoms with E-state index in [9.17, 15) is 5.11 Å². The SMILES string of the molecule is CC(C)(C)c1c(CO)sc2c1CNCC2. The molecule has 0 saturated heterocycles. The van der Waals surface area contributed by atoms with Gasteiger partial charge in [0.2, 0.25) is 0 Å². The van der Waals surface area contributed by atoms with Crippen LogP contribution in [0.15, 0.2) is 0 Å². The number of thiophene rings is 1. The smallest absolute Gasteiger partial charge is 0.0777 e. The van der Waals surface area contributed by atoms with Crippen LogP contribution in [0.2, 0.25) is 0 Å². The molecular weight excluding hydrogens is 206 g/mol. The summed E-state index contributed by atoms with van der Waals surface area (Å²) in [5.74, 6) is 0. The molecule has 2 heterocycles. The van der Waals surface area contributed by atoms with E-state index in [2.05, 4.69) is 26.1 Å². The number of aliphatic hydroxyl groups is 1. The van der Waals surface area contributed by atoms with Crippen LogP contribution in [-0.2, 0) is 25.0 Å². The molecule has 2 N–H and O–H groups in total. The molecule has 2 nitrogen and oxygen atoms in total.